The van der Waals surface area contributed by atoms with E-state index in [0.717, 1.165) is 38.3 Å². The summed E-state index contributed by atoms with van der Waals surface area (Å²) in [6.45, 7) is 2.89. The maximum atomic E-state index is 12.9. The van der Waals surface area contributed by atoms with Crippen LogP contribution in [0.15, 0.2) is 6.07 Å². The Hall–Kier alpha value is -2.23. The molecule has 3 rings (SSSR count). The van der Waals surface area contributed by atoms with Gasteiger partial charge in [-0.05, 0) is 25.8 Å². The molecule has 0 radical (unpaired) electrons. The molecule has 2 N–H and O–H groups in total. The second-order valence-corrected chi connectivity index (χ2v) is 7.60. The van der Waals surface area contributed by atoms with Crippen molar-refractivity contribution in [1.29, 1.82) is 0 Å². The molecular weight excluding hydrogens is 387 g/mol. The molecule has 160 valence electrons. The van der Waals surface area contributed by atoms with Gasteiger partial charge in [-0.2, -0.15) is 13.2 Å². The van der Waals surface area contributed by atoms with Crippen LogP contribution in [0, 0.1) is 6.92 Å². The van der Waals surface area contributed by atoms with Gasteiger partial charge in [0.1, 0.15) is 11.5 Å². The van der Waals surface area contributed by atoms with Gasteiger partial charge < -0.3 is 10.6 Å². The summed E-state index contributed by atoms with van der Waals surface area (Å²) < 4.78 is 38.6. The van der Waals surface area contributed by atoms with E-state index < -0.39 is 17.9 Å². The van der Waals surface area contributed by atoms with Crippen molar-refractivity contribution in [3.63, 3.8) is 0 Å². The summed E-state index contributed by atoms with van der Waals surface area (Å²) in [5.74, 6) is -0.422. The van der Waals surface area contributed by atoms with E-state index in [0.29, 0.717) is 12.6 Å². The highest BCUT2D eigenvalue weighted by Crippen LogP contribution is 2.28. The first-order valence-corrected chi connectivity index (χ1v) is 9.96. The number of hydrogen-bond acceptors (Lipinski definition) is 5. The van der Waals surface area contributed by atoms with E-state index in [1.165, 1.54) is 6.92 Å². The molecule has 7 nitrogen and oxygen atoms in total. The van der Waals surface area contributed by atoms with Crippen LogP contribution in [0.25, 0.3) is 0 Å². The van der Waals surface area contributed by atoms with E-state index in [-0.39, 0.29) is 42.7 Å². The molecule has 1 aliphatic heterocycles. The van der Waals surface area contributed by atoms with Crippen molar-refractivity contribution in [3.05, 3.63) is 23.3 Å². The maximum absolute atomic E-state index is 12.9. The van der Waals surface area contributed by atoms with Crippen molar-refractivity contribution in [2.75, 3.05) is 19.6 Å². The lowest BCUT2D eigenvalue weighted by Crippen LogP contribution is -2.59. The summed E-state index contributed by atoms with van der Waals surface area (Å²) in [5, 5.41) is 5.49. The molecule has 0 aromatic carbocycles. The van der Waals surface area contributed by atoms with Crippen molar-refractivity contribution in [1.82, 2.24) is 25.5 Å². The van der Waals surface area contributed by atoms with Gasteiger partial charge in [0.2, 0.25) is 11.8 Å². The minimum Gasteiger partial charge on any atom is -0.356 e. The second-order valence-electron chi connectivity index (χ2n) is 7.60. The lowest BCUT2D eigenvalue weighted by Gasteiger charge is -2.38. The molecule has 1 saturated heterocycles. The normalized spacial score (nSPS) is 21.2. The van der Waals surface area contributed by atoms with E-state index in [1.807, 2.05) is 0 Å². The quantitative estimate of drug-likeness (QED) is 0.740. The predicted octanol–water partition coefficient (Wildman–Crippen LogP) is 1.60. The van der Waals surface area contributed by atoms with Crippen molar-refractivity contribution in [2.24, 2.45) is 0 Å². The molecule has 29 heavy (non-hydrogen) atoms. The number of nitrogens with one attached hydrogen (secondary N) is 2. The average Bonchev–Trinajstić information content (AvgIpc) is 3.17. The molecule has 2 heterocycles. The fourth-order valence-electron chi connectivity index (χ4n) is 4.06. The van der Waals surface area contributed by atoms with Gasteiger partial charge in [0, 0.05) is 37.8 Å². The highest BCUT2D eigenvalue weighted by atomic mass is 19.4. The van der Waals surface area contributed by atoms with Crippen LogP contribution in [0.4, 0.5) is 13.2 Å². The smallest absolute Gasteiger partial charge is 0.356 e. The fourth-order valence-corrected chi connectivity index (χ4v) is 4.06. The van der Waals surface area contributed by atoms with Gasteiger partial charge in [0.25, 0.3) is 0 Å². The third kappa shape index (κ3) is 5.65. The molecule has 2 fully saturated rings. The number of carbonyl (C=O) groups is 2. The third-order valence-corrected chi connectivity index (χ3v) is 5.41. The van der Waals surface area contributed by atoms with Gasteiger partial charge in [-0.1, -0.05) is 12.8 Å². The van der Waals surface area contributed by atoms with Gasteiger partial charge in [0.15, 0.2) is 0 Å². The SMILES string of the molecule is Cc1cc(C(F)(F)F)nc(CCNC(=O)C[C@H]2C(=O)NCCN2C2CCCC2)n1. The number of halogens is 3. The average molecular weight is 413 g/mol. The number of piperazine rings is 1. The highest BCUT2D eigenvalue weighted by Gasteiger charge is 2.37. The van der Waals surface area contributed by atoms with Gasteiger partial charge in [0.05, 0.1) is 12.5 Å². The van der Waals surface area contributed by atoms with Crippen LogP contribution < -0.4 is 10.6 Å². The zero-order valence-electron chi connectivity index (χ0n) is 16.4. The van der Waals surface area contributed by atoms with Gasteiger partial charge in [-0.15, -0.1) is 0 Å². The maximum Gasteiger partial charge on any atom is 0.433 e. The van der Waals surface area contributed by atoms with Crippen molar-refractivity contribution < 1.29 is 22.8 Å². The molecule has 1 aromatic rings. The van der Waals surface area contributed by atoms with E-state index in [4.69, 9.17) is 0 Å². The molecule has 1 aliphatic carbocycles. The Morgan fingerprint density at radius 1 is 1.31 bits per heavy atom. The Morgan fingerprint density at radius 3 is 2.72 bits per heavy atom. The van der Waals surface area contributed by atoms with Crippen molar-refractivity contribution in [2.45, 2.75) is 63.7 Å². The Morgan fingerprint density at radius 2 is 2.03 bits per heavy atom. The molecule has 1 atom stereocenters. The highest BCUT2D eigenvalue weighted by molar-refractivity contribution is 5.88. The van der Waals surface area contributed by atoms with Crippen molar-refractivity contribution in [3.8, 4) is 0 Å². The topological polar surface area (TPSA) is 87.2 Å². The van der Waals surface area contributed by atoms with Crippen LogP contribution in [-0.2, 0) is 22.2 Å². The Bertz CT molecular complexity index is 750. The zero-order valence-corrected chi connectivity index (χ0v) is 16.4. The van der Waals surface area contributed by atoms with Crippen LogP contribution in [0.5, 0.6) is 0 Å². The standard InChI is InChI=1S/C19H26F3N5O2/c1-12-10-15(19(20,21)22)26-16(25-12)6-7-23-17(28)11-14-18(29)24-8-9-27(14)13-4-2-3-5-13/h10,13-14H,2-9,11H2,1H3,(H,23,28)(H,24,29)/t14-/m0/s1. The van der Waals surface area contributed by atoms with E-state index in [2.05, 4.69) is 25.5 Å². The minimum absolute atomic E-state index is 0.0283. The lowest BCUT2D eigenvalue weighted by molar-refractivity contribution is -0.141. The Kier molecular flexibility index (Phi) is 6.71. The summed E-state index contributed by atoms with van der Waals surface area (Å²) in [6.07, 6.45) is -0.0697. The fraction of sp³-hybridized carbons (Fsp3) is 0.684. The second kappa shape index (κ2) is 9.06. The summed E-state index contributed by atoms with van der Waals surface area (Å²) in [5.41, 5.74) is -0.767. The first kappa shape index (κ1) is 21.5. The van der Waals surface area contributed by atoms with Gasteiger partial charge in [-0.25, -0.2) is 9.97 Å². The minimum atomic E-state index is -4.54. The number of carbonyl (C=O) groups excluding carboxylic acids is 2. The molecule has 0 spiro atoms. The monoisotopic (exact) mass is 413 g/mol. The van der Waals surface area contributed by atoms with Crippen LogP contribution in [0.3, 0.4) is 0 Å². The third-order valence-electron chi connectivity index (χ3n) is 5.41. The van der Waals surface area contributed by atoms with Gasteiger partial charge in [-0.3, -0.25) is 14.5 Å². The Labute approximate surface area is 167 Å². The number of amides is 2. The first-order chi connectivity index (χ1) is 13.7. The van der Waals surface area contributed by atoms with E-state index in [9.17, 15) is 22.8 Å². The molecule has 1 aromatic heterocycles. The molecule has 1 saturated carbocycles. The van der Waals surface area contributed by atoms with Crippen LogP contribution >= 0.6 is 0 Å². The summed E-state index contributed by atoms with van der Waals surface area (Å²) >= 11 is 0. The Balaban J connectivity index is 1.54. The molecule has 0 bridgehead atoms. The first-order valence-electron chi connectivity index (χ1n) is 9.96. The molecule has 10 heteroatoms. The lowest BCUT2D eigenvalue weighted by atomic mass is 10.0. The molecule has 0 unspecified atom stereocenters. The number of rotatable bonds is 6. The predicted molar refractivity (Wildman–Crippen MR) is 98.9 cm³/mol. The van der Waals surface area contributed by atoms with Crippen LogP contribution in [0.2, 0.25) is 0 Å². The van der Waals surface area contributed by atoms with Crippen LogP contribution in [-0.4, -0.2) is 58.4 Å². The summed E-state index contributed by atoms with van der Waals surface area (Å²) in [4.78, 5) is 34.3. The number of alkyl halides is 3. The number of nitrogens with zero attached hydrogens (tertiary/aromatic N) is 3. The molecular formula is C19H26F3N5O2. The molecule has 2 aliphatic rings. The van der Waals surface area contributed by atoms with Gasteiger partial charge >= 0.3 is 6.18 Å². The summed E-state index contributed by atoms with van der Waals surface area (Å²) in [6, 6.07) is 0.723. The largest absolute Gasteiger partial charge is 0.433 e. The van der Waals surface area contributed by atoms with E-state index >= 15 is 0 Å². The number of aromatic nitrogens is 2. The molecule has 2 amide bonds. The summed E-state index contributed by atoms with van der Waals surface area (Å²) in [7, 11) is 0. The number of hydrogen-bond donors (Lipinski definition) is 2. The number of aryl methyl sites for hydroxylation is 1. The van der Waals surface area contributed by atoms with Crippen molar-refractivity contribution >= 4 is 11.8 Å². The van der Waals surface area contributed by atoms with E-state index in [1.54, 1.807) is 0 Å². The van der Waals surface area contributed by atoms with Crippen LogP contribution in [0.1, 0.15) is 49.3 Å². The zero-order chi connectivity index (χ0) is 21.0.